The summed E-state index contributed by atoms with van der Waals surface area (Å²) in [5, 5.41) is 2.91. The number of hydrogen-bond donors (Lipinski definition) is 2. The standard InChI is InChI=1S/C16H32N4O3/c1-5-6-7-18-14(21)12-19-8-9-20(11-13(19)10-17)15(22)23-16(2,3)4/h13H,5-12,17H2,1-4H3,(H,18,21). The van der Waals surface area contributed by atoms with Crippen LogP contribution in [0.5, 0.6) is 0 Å². The highest BCUT2D eigenvalue weighted by Crippen LogP contribution is 2.14. The van der Waals surface area contributed by atoms with Crippen molar-refractivity contribution in [1.82, 2.24) is 15.1 Å². The minimum Gasteiger partial charge on any atom is -0.444 e. The lowest BCUT2D eigenvalue weighted by atomic mass is 10.1. The third kappa shape index (κ3) is 7.18. The zero-order valence-corrected chi connectivity index (χ0v) is 14.9. The molecule has 3 N–H and O–H groups in total. The van der Waals surface area contributed by atoms with Crippen molar-refractivity contribution < 1.29 is 14.3 Å². The fourth-order valence-electron chi connectivity index (χ4n) is 2.46. The molecule has 1 atom stereocenters. The van der Waals surface area contributed by atoms with E-state index in [1.165, 1.54) is 0 Å². The van der Waals surface area contributed by atoms with Crippen LogP contribution in [0.2, 0.25) is 0 Å². The third-order valence-electron chi connectivity index (χ3n) is 3.73. The number of rotatable bonds is 6. The predicted octanol–water partition coefficient (Wildman–Crippen LogP) is 0.783. The van der Waals surface area contributed by atoms with Crippen LogP contribution >= 0.6 is 0 Å². The number of hydrogen-bond acceptors (Lipinski definition) is 5. The van der Waals surface area contributed by atoms with E-state index in [-0.39, 0.29) is 18.0 Å². The molecule has 0 aromatic heterocycles. The van der Waals surface area contributed by atoms with Gasteiger partial charge < -0.3 is 20.7 Å². The van der Waals surface area contributed by atoms with E-state index in [1.54, 1.807) is 4.90 Å². The van der Waals surface area contributed by atoms with Gasteiger partial charge in [-0.25, -0.2) is 4.79 Å². The smallest absolute Gasteiger partial charge is 0.410 e. The van der Waals surface area contributed by atoms with Crippen LogP contribution < -0.4 is 11.1 Å². The molecule has 1 aliphatic heterocycles. The van der Waals surface area contributed by atoms with Crippen molar-refractivity contribution >= 4 is 12.0 Å². The van der Waals surface area contributed by atoms with E-state index in [9.17, 15) is 9.59 Å². The molecule has 1 aliphatic rings. The molecule has 7 heteroatoms. The minimum absolute atomic E-state index is 0.0163. The van der Waals surface area contributed by atoms with Gasteiger partial charge in [0, 0.05) is 38.8 Å². The Morgan fingerprint density at radius 1 is 1.30 bits per heavy atom. The van der Waals surface area contributed by atoms with Crippen molar-refractivity contribution in [1.29, 1.82) is 0 Å². The molecule has 2 amide bonds. The van der Waals surface area contributed by atoms with E-state index in [0.29, 0.717) is 39.3 Å². The number of carbonyl (C=O) groups is 2. The quantitative estimate of drug-likeness (QED) is 0.704. The van der Waals surface area contributed by atoms with Gasteiger partial charge in [-0.1, -0.05) is 13.3 Å². The van der Waals surface area contributed by atoms with Gasteiger partial charge >= 0.3 is 6.09 Å². The lowest BCUT2D eigenvalue weighted by Gasteiger charge is -2.40. The Kier molecular flexibility index (Phi) is 7.78. The summed E-state index contributed by atoms with van der Waals surface area (Å²) in [7, 11) is 0. The van der Waals surface area contributed by atoms with Crippen molar-refractivity contribution in [2.45, 2.75) is 52.2 Å². The van der Waals surface area contributed by atoms with Crippen molar-refractivity contribution in [3.63, 3.8) is 0 Å². The van der Waals surface area contributed by atoms with Gasteiger partial charge in [0.05, 0.1) is 6.54 Å². The summed E-state index contributed by atoms with van der Waals surface area (Å²) in [6, 6.07) is -0.0202. The molecule has 1 rings (SSSR count). The van der Waals surface area contributed by atoms with E-state index in [0.717, 1.165) is 12.8 Å². The monoisotopic (exact) mass is 328 g/mol. The molecule has 23 heavy (non-hydrogen) atoms. The molecular weight excluding hydrogens is 296 g/mol. The van der Waals surface area contributed by atoms with Crippen molar-refractivity contribution in [2.24, 2.45) is 5.73 Å². The zero-order chi connectivity index (χ0) is 17.5. The first-order valence-corrected chi connectivity index (χ1v) is 8.45. The number of carbonyl (C=O) groups excluding carboxylic acids is 2. The zero-order valence-electron chi connectivity index (χ0n) is 14.9. The molecule has 1 saturated heterocycles. The van der Waals surface area contributed by atoms with Crippen molar-refractivity contribution in [2.75, 3.05) is 39.3 Å². The number of nitrogens with zero attached hydrogens (tertiary/aromatic N) is 2. The Balaban J connectivity index is 2.49. The number of piperazine rings is 1. The van der Waals surface area contributed by atoms with Crippen LogP contribution in [0.15, 0.2) is 0 Å². The number of nitrogens with two attached hydrogens (primary N) is 1. The Labute approximate surface area is 139 Å². The molecule has 1 fully saturated rings. The van der Waals surface area contributed by atoms with Crippen LogP contribution in [0.1, 0.15) is 40.5 Å². The molecular formula is C16H32N4O3. The molecule has 0 radical (unpaired) electrons. The maximum absolute atomic E-state index is 12.1. The fraction of sp³-hybridized carbons (Fsp3) is 0.875. The van der Waals surface area contributed by atoms with Gasteiger partial charge in [0.2, 0.25) is 5.91 Å². The second-order valence-corrected chi connectivity index (χ2v) is 6.99. The summed E-state index contributed by atoms with van der Waals surface area (Å²) in [4.78, 5) is 27.8. The van der Waals surface area contributed by atoms with Crippen LogP contribution in [0, 0.1) is 0 Å². The van der Waals surface area contributed by atoms with Gasteiger partial charge in [0.15, 0.2) is 0 Å². The van der Waals surface area contributed by atoms with Crippen LogP contribution in [0.25, 0.3) is 0 Å². The highest BCUT2D eigenvalue weighted by atomic mass is 16.6. The topological polar surface area (TPSA) is 87.9 Å². The highest BCUT2D eigenvalue weighted by Gasteiger charge is 2.31. The highest BCUT2D eigenvalue weighted by molar-refractivity contribution is 5.78. The summed E-state index contributed by atoms with van der Waals surface area (Å²) in [5.74, 6) is 0.0163. The molecule has 0 aliphatic carbocycles. The number of amides is 2. The molecule has 0 aromatic carbocycles. The van der Waals surface area contributed by atoms with E-state index < -0.39 is 5.60 Å². The van der Waals surface area contributed by atoms with Gasteiger partial charge in [-0.05, 0) is 27.2 Å². The number of unbranched alkanes of at least 4 members (excludes halogenated alkanes) is 1. The molecule has 1 heterocycles. The van der Waals surface area contributed by atoms with Gasteiger partial charge in [-0.2, -0.15) is 0 Å². The first kappa shape index (κ1) is 19.7. The van der Waals surface area contributed by atoms with Crippen molar-refractivity contribution in [3.05, 3.63) is 0 Å². The molecule has 0 bridgehead atoms. The Bertz CT molecular complexity index is 395. The second-order valence-electron chi connectivity index (χ2n) is 6.99. The maximum atomic E-state index is 12.1. The minimum atomic E-state index is -0.508. The largest absolute Gasteiger partial charge is 0.444 e. The van der Waals surface area contributed by atoms with Gasteiger partial charge in [-0.3, -0.25) is 9.69 Å². The summed E-state index contributed by atoms with van der Waals surface area (Å²) in [5.41, 5.74) is 5.32. The van der Waals surface area contributed by atoms with Crippen molar-refractivity contribution in [3.8, 4) is 0 Å². The number of nitrogens with one attached hydrogen (secondary N) is 1. The third-order valence-corrected chi connectivity index (χ3v) is 3.73. The Morgan fingerprint density at radius 2 is 2.00 bits per heavy atom. The Hall–Kier alpha value is -1.34. The van der Waals surface area contributed by atoms with Gasteiger partial charge in [0.25, 0.3) is 0 Å². The molecule has 7 nitrogen and oxygen atoms in total. The summed E-state index contributed by atoms with van der Waals surface area (Å²) in [6.45, 7) is 10.7. The van der Waals surface area contributed by atoms with E-state index in [1.807, 2.05) is 25.7 Å². The van der Waals surface area contributed by atoms with E-state index in [4.69, 9.17) is 10.5 Å². The lowest BCUT2D eigenvalue weighted by Crippen LogP contribution is -2.59. The average Bonchev–Trinajstić information content (AvgIpc) is 2.46. The summed E-state index contributed by atoms with van der Waals surface area (Å²) in [6.07, 6.45) is 1.72. The lowest BCUT2D eigenvalue weighted by molar-refractivity contribution is -0.123. The van der Waals surface area contributed by atoms with Gasteiger partial charge in [0.1, 0.15) is 5.60 Å². The van der Waals surface area contributed by atoms with Crippen LogP contribution in [0.3, 0.4) is 0 Å². The van der Waals surface area contributed by atoms with Crippen LogP contribution in [-0.2, 0) is 9.53 Å². The molecule has 0 spiro atoms. The molecule has 134 valence electrons. The second kappa shape index (κ2) is 9.08. The normalized spacial score (nSPS) is 19.5. The molecule has 1 unspecified atom stereocenters. The Morgan fingerprint density at radius 3 is 2.57 bits per heavy atom. The summed E-state index contributed by atoms with van der Waals surface area (Å²) >= 11 is 0. The van der Waals surface area contributed by atoms with Crippen LogP contribution in [0.4, 0.5) is 4.79 Å². The first-order chi connectivity index (χ1) is 10.8. The molecule has 0 saturated carbocycles. The number of ether oxygens (including phenoxy) is 1. The van der Waals surface area contributed by atoms with Crippen LogP contribution in [-0.4, -0.2) is 72.7 Å². The van der Waals surface area contributed by atoms with E-state index >= 15 is 0 Å². The average molecular weight is 328 g/mol. The predicted molar refractivity (Wildman–Crippen MR) is 90.1 cm³/mol. The SMILES string of the molecule is CCCCNC(=O)CN1CCN(C(=O)OC(C)(C)C)CC1CN. The van der Waals surface area contributed by atoms with E-state index in [2.05, 4.69) is 12.2 Å². The summed E-state index contributed by atoms with van der Waals surface area (Å²) < 4.78 is 5.40. The molecule has 0 aromatic rings. The van der Waals surface area contributed by atoms with Gasteiger partial charge in [-0.15, -0.1) is 0 Å². The fourth-order valence-corrected chi connectivity index (χ4v) is 2.46. The maximum Gasteiger partial charge on any atom is 0.410 e. The first-order valence-electron chi connectivity index (χ1n) is 8.45.